The first-order valence-corrected chi connectivity index (χ1v) is 16.4. The number of aliphatic carboxylic acids is 1. The lowest BCUT2D eigenvalue weighted by Crippen LogP contribution is -2.56. The number of ether oxygens (including phenoxy) is 3. The number of carbonyl (C=O) groups excluding carboxylic acids is 4. The molecule has 2 fully saturated rings. The number of benzene rings is 2. The third kappa shape index (κ3) is 8.55. The van der Waals surface area contributed by atoms with Gasteiger partial charge in [0.05, 0.1) is 25.3 Å². The molecule has 3 heterocycles. The minimum atomic E-state index is -1.15. The van der Waals surface area contributed by atoms with E-state index < -0.39 is 29.9 Å². The van der Waals surface area contributed by atoms with E-state index in [1.807, 2.05) is 24.3 Å². The predicted molar refractivity (Wildman–Crippen MR) is 177 cm³/mol. The van der Waals surface area contributed by atoms with Crippen LogP contribution in [0.15, 0.2) is 54.6 Å². The Labute approximate surface area is 283 Å². The second-order valence-electron chi connectivity index (χ2n) is 11.8. The molecule has 0 saturated carbocycles. The van der Waals surface area contributed by atoms with Gasteiger partial charge in [0.25, 0.3) is 11.8 Å². The first kappa shape index (κ1) is 34.9. The fourth-order valence-electron chi connectivity index (χ4n) is 6.16. The van der Waals surface area contributed by atoms with Crippen LogP contribution in [0.3, 0.4) is 0 Å². The van der Waals surface area contributed by atoms with Gasteiger partial charge < -0.3 is 39.3 Å². The number of carboxylic acids is 1. The quantitative estimate of drug-likeness (QED) is 0.291. The number of piperazine rings is 1. The minimum absolute atomic E-state index is 0.0585. The summed E-state index contributed by atoms with van der Waals surface area (Å²) in [6, 6.07) is 14.8. The van der Waals surface area contributed by atoms with Crippen LogP contribution in [0, 0.1) is 0 Å². The highest BCUT2D eigenvalue weighted by molar-refractivity contribution is 5.99. The number of nitrogens with one attached hydrogen (secondary N) is 1. The smallest absolute Gasteiger partial charge is 0.409 e. The molecular weight excluding hydrogens is 634 g/mol. The Hall–Kier alpha value is -5.40. The summed E-state index contributed by atoms with van der Waals surface area (Å²) in [6.45, 7) is 3.14. The van der Waals surface area contributed by atoms with Gasteiger partial charge in [-0.1, -0.05) is 24.3 Å². The summed E-state index contributed by atoms with van der Waals surface area (Å²) in [6.07, 6.45) is 0.690. The summed E-state index contributed by atoms with van der Waals surface area (Å²) in [5, 5.41) is 12.6. The van der Waals surface area contributed by atoms with E-state index in [0.29, 0.717) is 23.2 Å². The van der Waals surface area contributed by atoms with E-state index >= 15 is 0 Å². The van der Waals surface area contributed by atoms with Crippen molar-refractivity contribution in [3.8, 4) is 11.5 Å². The maximum absolute atomic E-state index is 13.6. The van der Waals surface area contributed by atoms with Gasteiger partial charge in [0.2, 0.25) is 5.91 Å². The number of carbonyl (C=O) groups is 5. The van der Waals surface area contributed by atoms with Crippen molar-refractivity contribution in [3.05, 3.63) is 65.9 Å². The summed E-state index contributed by atoms with van der Waals surface area (Å²) in [4.78, 5) is 73.3. The van der Waals surface area contributed by atoms with Crippen LogP contribution in [0.1, 0.15) is 54.7 Å². The molecule has 2 aliphatic rings. The number of rotatable bonds is 12. The molecule has 5 rings (SSSR count). The molecule has 2 aliphatic heterocycles. The normalized spacial score (nSPS) is 16.6. The standard InChI is InChI=1S/C35H41N5O9/c1-3-48-35(46)39-18-16-38(17-19-39)34(45)27(13-14-32(42)43)37-33(44)28-21-30(25-10-4-5-11-26(25)36-28)49-22-31(41)40-15-7-12-29(40)23-8-6-9-24(20-23)47-2/h4-6,8-11,20-21,27,29H,3,7,12-19,22H2,1-2H3,(H,37,44)(H,42,43). The lowest BCUT2D eigenvalue weighted by Gasteiger charge is -2.35. The highest BCUT2D eigenvalue weighted by atomic mass is 16.6. The Kier molecular flexibility index (Phi) is 11.5. The number of hydrogen-bond donors (Lipinski definition) is 2. The van der Waals surface area contributed by atoms with Crippen LogP contribution in [0.4, 0.5) is 4.79 Å². The Morgan fingerprint density at radius 1 is 0.980 bits per heavy atom. The zero-order valence-corrected chi connectivity index (χ0v) is 27.6. The number of methoxy groups -OCH3 is 1. The second kappa shape index (κ2) is 16.1. The van der Waals surface area contributed by atoms with Crippen molar-refractivity contribution >= 4 is 40.7 Å². The summed E-state index contributed by atoms with van der Waals surface area (Å²) < 4.78 is 16.5. The van der Waals surface area contributed by atoms with E-state index in [1.54, 1.807) is 43.2 Å². The van der Waals surface area contributed by atoms with Gasteiger partial charge in [-0.2, -0.15) is 0 Å². The van der Waals surface area contributed by atoms with Crippen molar-refractivity contribution in [2.75, 3.05) is 53.0 Å². The monoisotopic (exact) mass is 675 g/mol. The van der Waals surface area contributed by atoms with Gasteiger partial charge in [-0.3, -0.25) is 19.2 Å². The van der Waals surface area contributed by atoms with Crippen molar-refractivity contribution in [1.29, 1.82) is 0 Å². The fraction of sp³-hybridized carbons (Fsp3) is 0.429. The number of nitrogens with zero attached hydrogens (tertiary/aromatic N) is 4. The number of carboxylic acid groups (broad SMARTS) is 1. The molecule has 3 aromatic rings. The van der Waals surface area contributed by atoms with Gasteiger partial charge in [-0.05, 0) is 56.0 Å². The van der Waals surface area contributed by atoms with Crippen LogP contribution in [0.25, 0.3) is 10.9 Å². The maximum atomic E-state index is 13.6. The molecule has 1 aromatic heterocycles. The molecular formula is C35H41N5O9. The average Bonchev–Trinajstić information content (AvgIpc) is 3.62. The van der Waals surface area contributed by atoms with E-state index in [2.05, 4.69) is 10.3 Å². The van der Waals surface area contributed by atoms with E-state index in [-0.39, 0.29) is 75.6 Å². The highest BCUT2D eigenvalue weighted by Gasteiger charge is 2.32. The first-order chi connectivity index (χ1) is 23.7. The van der Waals surface area contributed by atoms with E-state index in [1.165, 1.54) is 15.9 Å². The Morgan fingerprint density at radius 2 is 1.73 bits per heavy atom. The van der Waals surface area contributed by atoms with Crippen molar-refractivity contribution in [2.24, 2.45) is 0 Å². The van der Waals surface area contributed by atoms with Crippen molar-refractivity contribution in [2.45, 2.75) is 44.7 Å². The van der Waals surface area contributed by atoms with Gasteiger partial charge in [0.15, 0.2) is 6.61 Å². The maximum Gasteiger partial charge on any atom is 0.409 e. The lowest BCUT2D eigenvalue weighted by molar-refractivity contribution is -0.138. The van der Waals surface area contributed by atoms with Crippen LogP contribution >= 0.6 is 0 Å². The van der Waals surface area contributed by atoms with Crippen molar-refractivity contribution < 1.29 is 43.3 Å². The molecule has 14 heteroatoms. The SMILES string of the molecule is CCOC(=O)N1CCN(C(=O)C(CCC(=O)O)NC(=O)c2cc(OCC(=O)N3CCCC3c3cccc(OC)c3)c3ccccc3n2)CC1. The van der Waals surface area contributed by atoms with Crippen LogP contribution in [-0.4, -0.2) is 114 Å². The summed E-state index contributed by atoms with van der Waals surface area (Å²) >= 11 is 0. The molecule has 2 atom stereocenters. The molecule has 2 saturated heterocycles. The average molecular weight is 676 g/mol. The summed E-state index contributed by atoms with van der Waals surface area (Å²) in [7, 11) is 1.60. The Morgan fingerprint density at radius 3 is 2.47 bits per heavy atom. The van der Waals surface area contributed by atoms with Gasteiger partial charge in [0, 0.05) is 50.6 Å². The van der Waals surface area contributed by atoms with Gasteiger partial charge in [-0.15, -0.1) is 0 Å². The molecule has 2 N–H and O–H groups in total. The third-order valence-corrected chi connectivity index (χ3v) is 8.68. The second-order valence-corrected chi connectivity index (χ2v) is 11.8. The van der Waals surface area contributed by atoms with E-state index in [4.69, 9.17) is 14.2 Å². The number of para-hydroxylation sites is 1. The molecule has 2 aromatic carbocycles. The first-order valence-electron chi connectivity index (χ1n) is 16.4. The molecule has 260 valence electrons. The lowest BCUT2D eigenvalue weighted by atomic mass is 10.0. The summed E-state index contributed by atoms with van der Waals surface area (Å²) in [5.41, 5.74) is 1.36. The number of aromatic nitrogens is 1. The zero-order valence-electron chi connectivity index (χ0n) is 27.6. The highest BCUT2D eigenvalue weighted by Crippen LogP contribution is 2.34. The molecule has 49 heavy (non-hydrogen) atoms. The third-order valence-electron chi connectivity index (χ3n) is 8.68. The van der Waals surface area contributed by atoms with E-state index in [0.717, 1.165) is 18.4 Å². The zero-order chi connectivity index (χ0) is 34.9. The number of hydrogen-bond acceptors (Lipinski definition) is 9. The number of amides is 4. The van der Waals surface area contributed by atoms with Gasteiger partial charge >= 0.3 is 12.1 Å². The van der Waals surface area contributed by atoms with Crippen LogP contribution in [0.2, 0.25) is 0 Å². The van der Waals surface area contributed by atoms with Crippen molar-refractivity contribution in [1.82, 2.24) is 25.0 Å². The number of pyridine rings is 1. The Bertz CT molecular complexity index is 1690. The van der Waals surface area contributed by atoms with Gasteiger partial charge in [0.1, 0.15) is 23.2 Å². The topological polar surface area (TPSA) is 168 Å². The largest absolute Gasteiger partial charge is 0.497 e. The summed E-state index contributed by atoms with van der Waals surface area (Å²) in [5.74, 6) is -1.50. The van der Waals surface area contributed by atoms with Crippen molar-refractivity contribution in [3.63, 3.8) is 0 Å². The molecule has 0 spiro atoms. The number of fused-ring (bicyclic) bond motifs is 1. The molecule has 0 aliphatic carbocycles. The molecule has 0 radical (unpaired) electrons. The van der Waals surface area contributed by atoms with E-state index in [9.17, 15) is 29.1 Å². The van der Waals surface area contributed by atoms with Crippen LogP contribution < -0.4 is 14.8 Å². The predicted octanol–water partition coefficient (Wildman–Crippen LogP) is 3.25. The molecule has 14 nitrogen and oxygen atoms in total. The molecule has 4 amide bonds. The molecule has 0 bridgehead atoms. The van der Waals surface area contributed by atoms with Crippen LogP contribution in [-0.2, 0) is 19.1 Å². The minimum Gasteiger partial charge on any atom is -0.497 e. The molecule has 2 unspecified atom stereocenters. The number of likely N-dealkylation sites (tertiary alicyclic amines) is 1. The fourth-order valence-corrected chi connectivity index (χ4v) is 6.16. The van der Waals surface area contributed by atoms with Crippen LogP contribution in [0.5, 0.6) is 11.5 Å². The van der Waals surface area contributed by atoms with Gasteiger partial charge in [-0.25, -0.2) is 9.78 Å². The Balaban J connectivity index is 1.30.